The first-order chi connectivity index (χ1) is 9.24. The minimum Gasteiger partial charge on any atom is -0.480 e. The molecule has 7 heteroatoms. The normalized spacial score (nSPS) is 16.3. The molecule has 0 amide bonds. The van der Waals surface area contributed by atoms with Crippen LogP contribution in [-0.4, -0.2) is 26.7 Å². The average molecular weight is 330 g/mol. The Morgan fingerprint density at radius 3 is 2.71 bits per heavy atom. The SMILES string of the molecule is Cl.Cl.O=C(O)C1Cc2c(ncn2Cc2ccccc2)CN1. The summed E-state index contributed by atoms with van der Waals surface area (Å²) in [4.78, 5) is 15.4. The van der Waals surface area contributed by atoms with Gasteiger partial charge in [-0.05, 0) is 5.56 Å². The van der Waals surface area contributed by atoms with Crippen molar-refractivity contribution in [2.75, 3.05) is 0 Å². The van der Waals surface area contributed by atoms with Crippen LogP contribution < -0.4 is 5.32 Å². The fraction of sp³-hybridized carbons (Fsp3) is 0.286. The van der Waals surface area contributed by atoms with Crippen molar-refractivity contribution in [1.29, 1.82) is 0 Å². The number of carbonyl (C=O) groups is 1. The minimum atomic E-state index is -0.807. The highest BCUT2D eigenvalue weighted by Gasteiger charge is 2.26. The molecule has 1 aromatic carbocycles. The van der Waals surface area contributed by atoms with Gasteiger partial charge < -0.3 is 9.67 Å². The lowest BCUT2D eigenvalue weighted by molar-refractivity contribution is -0.139. The van der Waals surface area contributed by atoms with Crippen molar-refractivity contribution in [2.24, 2.45) is 0 Å². The predicted molar refractivity (Wildman–Crippen MR) is 84.2 cm³/mol. The van der Waals surface area contributed by atoms with Crippen LogP contribution in [0.5, 0.6) is 0 Å². The molecule has 2 heterocycles. The Balaban J connectivity index is 0.00000110. The Kier molecular flexibility index (Phi) is 6.20. The van der Waals surface area contributed by atoms with Gasteiger partial charge >= 0.3 is 5.97 Å². The molecule has 1 unspecified atom stereocenters. The number of imidazole rings is 1. The molecule has 1 aliphatic heterocycles. The van der Waals surface area contributed by atoms with E-state index in [1.165, 1.54) is 5.56 Å². The summed E-state index contributed by atoms with van der Waals surface area (Å²) in [6, 6.07) is 9.58. The number of carboxylic acids is 1. The van der Waals surface area contributed by atoms with E-state index in [4.69, 9.17) is 5.11 Å². The number of carboxylic acid groups (broad SMARTS) is 1. The molecule has 0 aliphatic carbocycles. The molecule has 114 valence electrons. The molecule has 1 aromatic heterocycles. The van der Waals surface area contributed by atoms with E-state index < -0.39 is 12.0 Å². The molecular weight excluding hydrogens is 313 g/mol. The van der Waals surface area contributed by atoms with E-state index in [0.717, 1.165) is 17.9 Å². The van der Waals surface area contributed by atoms with Crippen LogP contribution in [0.3, 0.4) is 0 Å². The fourth-order valence-corrected chi connectivity index (χ4v) is 2.41. The third-order valence-corrected chi connectivity index (χ3v) is 3.44. The van der Waals surface area contributed by atoms with Gasteiger partial charge in [0.25, 0.3) is 0 Å². The second kappa shape index (κ2) is 7.45. The lowest BCUT2D eigenvalue weighted by Crippen LogP contribution is -2.42. The summed E-state index contributed by atoms with van der Waals surface area (Å²) in [5.74, 6) is -0.807. The number of fused-ring (bicyclic) bond motifs is 1. The second-order valence-corrected chi connectivity index (χ2v) is 4.73. The molecule has 0 saturated carbocycles. The van der Waals surface area contributed by atoms with Crippen LogP contribution in [0, 0.1) is 0 Å². The standard InChI is InChI=1S/C14H15N3O2.2ClH/c18-14(19)11-6-13-12(7-15-11)16-9-17(13)8-10-4-2-1-3-5-10;;/h1-5,9,11,15H,6-8H2,(H,18,19);2*1H. The van der Waals surface area contributed by atoms with Crippen molar-refractivity contribution in [2.45, 2.75) is 25.6 Å². The third kappa shape index (κ3) is 3.75. The van der Waals surface area contributed by atoms with Crippen LogP contribution in [0.25, 0.3) is 0 Å². The number of nitrogens with zero attached hydrogens (tertiary/aromatic N) is 2. The summed E-state index contributed by atoms with van der Waals surface area (Å²) < 4.78 is 2.04. The molecule has 3 rings (SSSR count). The molecule has 0 radical (unpaired) electrons. The third-order valence-electron chi connectivity index (χ3n) is 3.44. The number of hydrogen-bond acceptors (Lipinski definition) is 3. The van der Waals surface area contributed by atoms with E-state index in [1.54, 1.807) is 6.33 Å². The number of halogens is 2. The van der Waals surface area contributed by atoms with Crippen molar-refractivity contribution in [3.63, 3.8) is 0 Å². The summed E-state index contributed by atoms with van der Waals surface area (Å²) in [7, 11) is 0. The van der Waals surface area contributed by atoms with Gasteiger partial charge in [0, 0.05) is 25.2 Å². The van der Waals surface area contributed by atoms with Gasteiger partial charge in [0.15, 0.2) is 0 Å². The van der Waals surface area contributed by atoms with E-state index in [1.807, 2.05) is 22.8 Å². The highest BCUT2D eigenvalue weighted by atomic mass is 35.5. The van der Waals surface area contributed by atoms with E-state index in [2.05, 4.69) is 22.4 Å². The predicted octanol–water partition coefficient (Wildman–Crippen LogP) is 1.87. The van der Waals surface area contributed by atoms with Gasteiger partial charge in [-0.2, -0.15) is 0 Å². The maximum absolute atomic E-state index is 11.1. The molecule has 0 spiro atoms. The molecule has 5 nitrogen and oxygen atoms in total. The Morgan fingerprint density at radius 2 is 2.05 bits per heavy atom. The first kappa shape index (κ1) is 17.5. The molecule has 2 aromatic rings. The van der Waals surface area contributed by atoms with Crippen LogP contribution in [0.1, 0.15) is 17.0 Å². The molecule has 0 saturated heterocycles. The maximum Gasteiger partial charge on any atom is 0.321 e. The van der Waals surface area contributed by atoms with Crippen LogP contribution in [0.4, 0.5) is 0 Å². The lowest BCUT2D eigenvalue weighted by atomic mass is 10.1. The minimum absolute atomic E-state index is 0. The van der Waals surface area contributed by atoms with Crippen molar-refractivity contribution in [1.82, 2.24) is 14.9 Å². The summed E-state index contributed by atoms with van der Waals surface area (Å²) in [6.45, 7) is 1.25. The van der Waals surface area contributed by atoms with Crippen LogP contribution in [0.15, 0.2) is 36.7 Å². The highest BCUT2D eigenvalue weighted by Crippen LogP contribution is 2.17. The van der Waals surface area contributed by atoms with Gasteiger partial charge in [-0.15, -0.1) is 24.8 Å². The number of nitrogens with one attached hydrogen (secondary N) is 1. The van der Waals surface area contributed by atoms with Gasteiger partial charge in [0.1, 0.15) is 6.04 Å². The maximum atomic E-state index is 11.1. The largest absolute Gasteiger partial charge is 0.480 e. The van der Waals surface area contributed by atoms with Crippen molar-refractivity contribution in [3.05, 3.63) is 53.6 Å². The van der Waals surface area contributed by atoms with Crippen molar-refractivity contribution in [3.8, 4) is 0 Å². The fourth-order valence-electron chi connectivity index (χ4n) is 2.41. The summed E-state index contributed by atoms with van der Waals surface area (Å²) >= 11 is 0. The molecule has 21 heavy (non-hydrogen) atoms. The zero-order valence-electron chi connectivity index (χ0n) is 11.2. The van der Waals surface area contributed by atoms with Gasteiger partial charge in [-0.25, -0.2) is 4.98 Å². The Hall–Kier alpha value is -1.56. The first-order valence-electron chi connectivity index (χ1n) is 6.27. The molecule has 0 fully saturated rings. The molecular formula is C14H17Cl2N3O2. The molecule has 1 atom stereocenters. The van der Waals surface area contributed by atoms with E-state index in [9.17, 15) is 4.79 Å². The van der Waals surface area contributed by atoms with Crippen molar-refractivity contribution < 1.29 is 9.90 Å². The quantitative estimate of drug-likeness (QED) is 0.902. The summed E-state index contributed by atoms with van der Waals surface area (Å²) in [6.07, 6.45) is 2.28. The smallest absolute Gasteiger partial charge is 0.321 e. The molecule has 1 aliphatic rings. The summed E-state index contributed by atoms with van der Waals surface area (Å²) in [5, 5.41) is 12.1. The first-order valence-corrected chi connectivity index (χ1v) is 6.27. The highest BCUT2D eigenvalue weighted by molar-refractivity contribution is 5.85. The van der Waals surface area contributed by atoms with Crippen molar-refractivity contribution >= 4 is 30.8 Å². The Bertz CT molecular complexity index is 602. The van der Waals surface area contributed by atoms with Gasteiger partial charge in [-0.1, -0.05) is 30.3 Å². The second-order valence-electron chi connectivity index (χ2n) is 4.73. The van der Waals surface area contributed by atoms with Gasteiger partial charge in [-0.3, -0.25) is 10.1 Å². The van der Waals surface area contributed by atoms with Gasteiger partial charge in [0.2, 0.25) is 0 Å². The molecule has 0 bridgehead atoms. The van der Waals surface area contributed by atoms with E-state index in [-0.39, 0.29) is 24.8 Å². The zero-order chi connectivity index (χ0) is 13.2. The zero-order valence-corrected chi connectivity index (χ0v) is 12.9. The summed E-state index contributed by atoms with van der Waals surface area (Å²) in [5.41, 5.74) is 3.16. The number of benzene rings is 1. The van der Waals surface area contributed by atoms with E-state index in [0.29, 0.717) is 13.0 Å². The van der Waals surface area contributed by atoms with E-state index >= 15 is 0 Å². The van der Waals surface area contributed by atoms with Crippen LogP contribution in [-0.2, 0) is 24.3 Å². The average Bonchev–Trinajstić information content (AvgIpc) is 2.82. The van der Waals surface area contributed by atoms with Gasteiger partial charge in [0.05, 0.1) is 12.0 Å². The number of aromatic nitrogens is 2. The van der Waals surface area contributed by atoms with Crippen LogP contribution >= 0.6 is 24.8 Å². The Labute approximate surface area is 135 Å². The topological polar surface area (TPSA) is 67.1 Å². The monoisotopic (exact) mass is 329 g/mol. The van der Waals surface area contributed by atoms with Crippen LogP contribution in [0.2, 0.25) is 0 Å². The number of aliphatic carboxylic acids is 1. The number of hydrogen-bond donors (Lipinski definition) is 2. The lowest BCUT2D eigenvalue weighted by Gasteiger charge is -2.21. The Morgan fingerprint density at radius 1 is 1.33 bits per heavy atom. The number of rotatable bonds is 3. The molecule has 2 N–H and O–H groups in total.